The zero-order valence-corrected chi connectivity index (χ0v) is 15.8. The van der Waals surface area contributed by atoms with Gasteiger partial charge in [-0.3, -0.25) is 9.55 Å². The Labute approximate surface area is 169 Å². The van der Waals surface area contributed by atoms with Gasteiger partial charge in [0.15, 0.2) is 5.82 Å². The third kappa shape index (κ3) is 3.34. The molecule has 6 nitrogen and oxygen atoms in total. The van der Waals surface area contributed by atoms with E-state index in [1.165, 1.54) is 30.2 Å². The Kier molecular flexibility index (Phi) is 4.45. The van der Waals surface area contributed by atoms with Crippen LogP contribution in [0.2, 0.25) is 0 Å². The number of benzene rings is 2. The molecule has 0 N–H and O–H groups in total. The smallest absolute Gasteiger partial charge is 0.202 e. The first kappa shape index (κ1) is 17.4. The quantitative estimate of drug-likeness (QED) is 0.412. The minimum absolute atomic E-state index is 0.337. The molecule has 0 fully saturated rings. The summed E-state index contributed by atoms with van der Waals surface area (Å²) in [5.41, 5.74) is 2.47. The fourth-order valence-corrected chi connectivity index (χ4v) is 3.92. The Morgan fingerprint density at radius 2 is 1.69 bits per heavy atom. The van der Waals surface area contributed by atoms with Crippen molar-refractivity contribution in [3.63, 3.8) is 0 Å². The zero-order valence-electron chi connectivity index (χ0n) is 15.0. The van der Waals surface area contributed by atoms with E-state index in [2.05, 4.69) is 25.1 Å². The Morgan fingerprint density at radius 1 is 0.862 bits per heavy atom. The summed E-state index contributed by atoms with van der Waals surface area (Å²) < 4.78 is 15.8. The summed E-state index contributed by atoms with van der Waals surface area (Å²) in [5, 5.41) is 10.7. The molecule has 5 aromatic rings. The standard InChI is InChI=1S/C21H13FN6S/c22-15-6-7-18-17(12-15)20(25-13-24-18)29-21-27-26-19(14-8-10-23-11-9-14)28(21)16-4-2-1-3-5-16/h1-13H. The number of rotatable bonds is 4. The van der Waals surface area contributed by atoms with Gasteiger partial charge < -0.3 is 0 Å². The average Bonchev–Trinajstić information content (AvgIpc) is 3.19. The van der Waals surface area contributed by atoms with Gasteiger partial charge >= 0.3 is 0 Å². The van der Waals surface area contributed by atoms with E-state index in [9.17, 15) is 4.39 Å². The van der Waals surface area contributed by atoms with Gasteiger partial charge in [-0.1, -0.05) is 18.2 Å². The second-order valence-electron chi connectivity index (χ2n) is 6.16. The van der Waals surface area contributed by atoms with Gasteiger partial charge in [0.05, 0.1) is 5.52 Å². The predicted molar refractivity (Wildman–Crippen MR) is 108 cm³/mol. The summed E-state index contributed by atoms with van der Waals surface area (Å²) in [6, 6.07) is 18.0. The van der Waals surface area contributed by atoms with Gasteiger partial charge in [-0.15, -0.1) is 10.2 Å². The number of nitrogens with zero attached hydrogens (tertiary/aromatic N) is 6. The molecule has 2 aromatic carbocycles. The third-order valence-electron chi connectivity index (χ3n) is 4.34. The van der Waals surface area contributed by atoms with Gasteiger partial charge in [0.1, 0.15) is 17.2 Å². The lowest BCUT2D eigenvalue weighted by atomic mass is 10.2. The molecule has 0 unspecified atom stereocenters. The maximum absolute atomic E-state index is 13.8. The van der Waals surface area contributed by atoms with Crippen molar-refractivity contribution < 1.29 is 4.39 Å². The first-order chi connectivity index (χ1) is 14.3. The van der Waals surface area contributed by atoms with Crippen LogP contribution in [0.25, 0.3) is 28.0 Å². The van der Waals surface area contributed by atoms with Crippen molar-refractivity contribution in [1.82, 2.24) is 29.7 Å². The van der Waals surface area contributed by atoms with Gasteiger partial charge in [0.25, 0.3) is 0 Å². The molecule has 29 heavy (non-hydrogen) atoms. The number of aromatic nitrogens is 6. The lowest BCUT2D eigenvalue weighted by Gasteiger charge is -2.10. The number of hydrogen-bond donors (Lipinski definition) is 0. The summed E-state index contributed by atoms with van der Waals surface area (Å²) >= 11 is 1.32. The molecule has 0 atom stereocenters. The second-order valence-corrected chi connectivity index (χ2v) is 7.11. The van der Waals surface area contributed by atoms with E-state index in [4.69, 9.17) is 0 Å². The Hall–Kier alpha value is -3.65. The van der Waals surface area contributed by atoms with Gasteiger partial charge in [-0.2, -0.15) is 0 Å². The van der Waals surface area contributed by atoms with Crippen LogP contribution in [0, 0.1) is 5.82 Å². The van der Waals surface area contributed by atoms with E-state index in [-0.39, 0.29) is 5.82 Å². The first-order valence-corrected chi connectivity index (χ1v) is 9.60. The molecular formula is C21H13FN6S. The molecule has 0 aliphatic heterocycles. The van der Waals surface area contributed by atoms with E-state index in [0.29, 0.717) is 26.9 Å². The highest BCUT2D eigenvalue weighted by molar-refractivity contribution is 7.99. The number of fused-ring (bicyclic) bond motifs is 1. The largest absolute Gasteiger partial charge is 0.270 e. The van der Waals surface area contributed by atoms with Crippen molar-refractivity contribution in [2.75, 3.05) is 0 Å². The van der Waals surface area contributed by atoms with Crippen molar-refractivity contribution in [2.24, 2.45) is 0 Å². The molecule has 0 saturated heterocycles. The molecule has 140 valence electrons. The van der Waals surface area contributed by atoms with Crippen LogP contribution in [-0.2, 0) is 0 Å². The molecule has 0 aliphatic carbocycles. The van der Waals surface area contributed by atoms with Crippen molar-refractivity contribution in [3.05, 3.63) is 85.2 Å². The Bertz CT molecular complexity index is 1290. The molecule has 0 radical (unpaired) electrons. The van der Waals surface area contributed by atoms with Gasteiger partial charge in [-0.25, -0.2) is 14.4 Å². The maximum Gasteiger partial charge on any atom is 0.202 e. The molecular weight excluding hydrogens is 387 g/mol. The molecule has 0 aliphatic rings. The molecule has 0 bridgehead atoms. The zero-order chi connectivity index (χ0) is 19.6. The van der Waals surface area contributed by atoms with Crippen LogP contribution in [0.15, 0.2) is 89.6 Å². The summed E-state index contributed by atoms with van der Waals surface area (Å²) in [5.74, 6) is 0.349. The van der Waals surface area contributed by atoms with E-state index in [1.807, 2.05) is 47.0 Å². The van der Waals surface area contributed by atoms with E-state index < -0.39 is 0 Å². The SMILES string of the molecule is Fc1ccc2ncnc(Sc3nnc(-c4ccncc4)n3-c3ccccc3)c2c1. The first-order valence-electron chi connectivity index (χ1n) is 8.79. The third-order valence-corrected chi connectivity index (χ3v) is 5.30. The van der Waals surface area contributed by atoms with Crippen LogP contribution >= 0.6 is 11.8 Å². The minimum Gasteiger partial charge on any atom is -0.270 e. The van der Waals surface area contributed by atoms with Gasteiger partial charge in [0, 0.05) is 29.0 Å². The van der Waals surface area contributed by atoms with Crippen LogP contribution in [0.5, 0.6) is 0 Å². The molecule has 8 heteroatoms. The van der Waals surface area contributed by atoms with Crippen LogP contribution in [-0.4, -0.2) is 29.7 Å². The number of halogens is 1. The molecule has 3 aromatic heterocycles. The average molecular weight is 400 g/mol. The highest BCUT2D eigenvalue weighted by Crippen LogP contribution is 2.34. The minimum atomic E-state index is -0.337. The Balaban J connectivity index is 1.67. The van der Waals surface area contributed by atoms with Crippen LogP contribution < -0.4 is 0 Å². The summed E-state index contributed by atoms with van der Waals surface area (Å²) in [4.78, 5) is 12.6. The highest BCUT2D eigenvalue weighted by Gasteiger charge is 2.18. The lowest BCUT2D eigenvalue weighted by Crippen LogP contribution is -2.00. The maximum atomic E-state index is 13.8. The molecule has 0 spiro atoms. The van der Waals surface area contributed by atoms with Crippen molar-refractivity contribution >= 4 is 22.7 Å². The fourth-order valence-electron chi connectivity index (χ4n) is 3.01. The van der Waals surface area contributed by atoms with Crippen LogP contribution in [0.3, 0.4) is 0 Å². The summed E-state index contributed by atoms with van der Waals surface area (Å²) in [7, 11) is 0. The van der Waals surface area contributed by atoms with Gasteiger partial charge in [-0.05, 0) is 54.2 Å². The van der Waals surface area contributed by atoms with Gasteiger partial charge in [0.2, 0.25) is 5.16 Å². The van der Waals surface area contributed by atoms with E-state index >= 15 is 0 Å². The monoisotopic (exact) mass is 400 g/mol. The van der Waals surface area contributed by atoms with Crippen molar-refractivity contribution in [2.45, 2.75) is 10.2 Å². The Morgan fingerprint density at radius 3 is 2.52 bits per heavy atom. The number of hydrogen-bond acceptors (Lipinski definition) is 6. The lowest BCUT2D eigenvalue weighted by molar-refractivity contribution is 0.629. The predicted octanol–water partition coefficient (Wildman–Crippen LogP) is 4.56. The second kappa shape index (κ2) is 7.40. The number of pyridine rings is 1. The van der Waals surface area contributed by atoms with E-state index in [1.54, 1.807) is 18.5 Å². The van der Waals surface area contributed by atoms with Crippen molar-refractivity contribution in [3.8, 4) is 17.1 Å². The highest BCUT2D eigenvalue weighted by atomic mass is 32.2. The van der Waals surface area contributed by atoms with E-state index in [0.717, 1.165) is 11.3 Å². The topological polar surface area (TPSA) is 69.4 Å². The van der Waals surface area contributed by atoms with Crippen molar-refractivity contribution in [1.29, 1.82) is 0 Å². The summed E-state index contributed by atoms with van der Waals surface area (Å²) in [6.07, 6.45) is 4.90. The molecule has 5 rings (SSSR count). The number of para-hydroxylation sites is 1. The normalized spacial score (nSPS) is 11.1. The molecule has 3 heterocycles. The molecule has 0 amide bonds. The van der Waals surface area contributed by atoms with Crippen LogP contribution in [0.1, 0.15) is 0 Å². The summed E-state index contributed by atoms with van der Waals surface area (Å²) in [6.45, 7) is 0. The van der Waals surface area contributed by atoms with Crippen LogP contribution in [0.4, 0.5) is 4.39 Å². The fraction of sp³-hybridized carbons (Fsp3) is 0. The molecule has 0 saturated carbocycles.